The van der Waals surface area contributed by atoms with E-state index in [1.807, 2.05) is 26.8 Å². The van der Waals surface area contributed by atoms with Crippen LogP contribution in [0.1, 0.15) is 25.6 Å². The zero-order valence-corrected chi connectivity index (χ0v) is 13.4. The molecule has 0 fully saturated rings. The van der Waals surface area contributed by atoms with Gasteiger partial charge in [-0.25, -0.2) is 0 Å². The first kappa shape index (κ1) is 15.2. The largest absolute Gasteiger partial charge is 0.508 e. The van der Waals surface area contributed by atoms with Gasteiger partial charge in [-0.05, 0) is 50.4 Å². The third-order valence-electron chi connectivity index (χ3n) is 2.89. The summed E-state index contributed by atoms with van der Waals surface area (Å²) < 4.78 is 5.68. The fraction of sp³-hybridized carbons (Fsp3) is 0.400. The van der Waals surface area contributed by atoms with Gasteiger partial charge < -0.3 is 9.84 Å². The lowest BCUT2D eigenvalue weighted by Crippen LogP contribution is -2.30. The van der Waals surface area contributed by atoms with Crippen LogP contribution in [-0.2, 0) is 15.3 Å². The molecule has 0 aliphatic rings. The Morgan fingerprint density at radius 2 is 2.15 bits per heavy atom. The number of benzene rings is 1. The van der Waals surface area contributed by atoms with Crippen LogP contribution < -0.4 is 0 Å². The summed E-state index contributed by atoms with van der Waals surface area (Å²) in [5.41, 5.74) is 0. The predicted octanol–water partition coefficient (Wildman–Crippen LogP) is 4.18. The molecule has 1 aromatic carbocycles. The van der Waals surface area contributed by atoms with Crippen LogP contribution in [0, 0.1) is 0 Å². The number of aromatic hydroxyl groups is 1. The maximum Gasteiger partial charge on any atom is 0.321 e. The molecule has 0 bridgehead atoms. The van der Waals surface area contributed by atoms with Crippen molar-refractivity contribution in [3.8, 4) is 5.75 Å². The summed E-state index contributed by atoms with van der Waals surface area (Å²) in [6.07, 6.45) is 0. The number of fused-ring (bicyclic) bond motifs is 1. The van der Waals surface area contributed by atoms with Crippen molar-refractivity contribution in [1.82, 2.24) is 0 Å². The van der Waals surface area contributed by atoms with Gasteiger partial charge in [-0.3, -0.25) is 4.79 Å². The molecule has 1 aromatic heterocycles. The van der Waals surface area contributed by atoms with E-state index in [1.54, 1.807) is 35.2 Å². The monoisotopic (exact) mass is 310 g/mol. The van der Waals surface area contributed by atoms with Crippen molar-refractivity contribution in [1.29, 1.82) is 0 Å². The molecule has 0 saturated heterocycles. The molecule has 3 nitrogen and oxygen atoms in total. The van der Waals surface area contributed by atoms with Crippen molar-refractivity contribution in [2.75, 3.05) is 6.61 Å². The Morgan fingerprint density at radius 3 is 2.85 bits per heavy atom. The summed E-state index contributed by atoms with van der Waals surface area (Å²) in [5, 5.41) is 10.5. The number of carbonyl (C=O) groups is 1. The van der Waals surface area contributed by atoms with Crippen LogP contribution in [0.15, 0.2) is 24.3 Å². The number of thioether (sulfide) groups is 1. The van der Waals surface area contributed by atoms with Crippen molar-refractivity contribution >= 4 is 39.2 Å². The Morgan fingerprint density at radius 1 is 1.40 bits per heavy atom. The third-order valence-corrected chi connectivity index (χ3v) is 5.54. The first-order valence-corrected chi connectivity index (χ1v) is 8.25. The van der Waals surface area contributed by atoms with Gasteiger partial charge in [-0.1, -0.05) is 0 Å². The van der Waals surface area contributed by atoms with E-state index in [2.05, 4.69) is 6.07 Å². The normalized spacial score (nSPS) is 11.8. The molecule has 1 N–H and O–H groups in total. The topological polar surface area (TPSA) is 46.5 Å². The molecule has 0 amide bonds. The number of ether oxygens (including phenoxy) is 1. The first-order valence-electron chi connectivity index (χ1n) is 6.45. The standard InChI is InChI=1S/C15H18O3S2/c1-4-18-14(17)15(2,3)19-9-12-8-10-7-11(16)5-6-13(10)20-12/h5-8,16H,4,9H2,1-3H3. The number of phenolic OH excluding ortho intramolecular Hbond substituents is 1. The lowest BCUT2D eigenvalue weighted by atomic mass is 10.2. The maximum absolute atomic E-state index is 11.8. The van der Waals surface area contributed by atoms with E-state index in [4.69, 9.17) is 4.74 Å². The van der Waals surface area contributed by atoms with Gasteiger partial charge >= 0.3 is 5.97 Å². The highest BCUT2D eigenvalue weighted by atomic mass is 32.2. The summed E-state index contributed by atoms with van der Waals surface area (Å²) in [6, 6.07) is 7.43. The van der Waals surface area contributed by atoms with E-state index in [9.17, 15) is 9.90 Å². The van der Waals surface area contributed by atoms with Gasteiger partial charge in [0.15, 0.2) is 0 Å². The number of hydrogen-bond donors (Lipinski definition) is 1. The second-order valence-electron chi connectivity index (χ2n) is 4.95. The molecule has 5 heteroatoms. The van der Waals surface area contributed by atoms with E-state index >= 15 is 0 Å². The molecule has 0 saturated carbocycles. The van der Waals surface area contributed by atoms with E-state index in [0.717, 1.165) is 15.8 Å². The molecule has 0 unspecified atom stereocenters. The molecule has 0 spiro atoms. The molecule has 2 aromatic rings. The van der Waals surface area contributed by atoms with Crippen molar-refractivity contribution in [3.63, 3.8) is 0 Å². The molecule has 1 heterocycles. The molecule has 108 valence electrons. The Balaban J connectivity index is 2.07. The number of phenols is 1. The SMILES string of the molecule is CCOC(=O)C(C)(C)SCc1cc2cc(O)ccc2s1. The van der Waals surface area contributed by atoms with Gasteiger partial charge in [-0.2, -0.15) is 0 Å². The molecule has 0 radical (unpaired) electrons. The van der Waals surface area contributed by atoms with Crippen molar-refractivity contribution in [2.24, 2.45) is 0 Å². The number of rotatable bonds is 5. The fourth-order valence-corrected chi connectivity index (χ4v) is 3.79. The van der Waals surface area contributed by atoms with Crippen LogP contribution in [0.2, 0.25) is 0 Å². The lowest BCUT2D eigenvalue weighted by molar-refractivity contribution is -0.145. The van der Waals surface area contributed by atoms with E-state index in [-0.39, 0.29) is 11.7 Å². The molecule has 0 aliphatic carbocycles. The minimum absolute atomic E-state index is 0.177. The van der Waals surface area contributed by atoms with Crippen LogP contribution >= 0.6 is 23.1 Å². The van der Waals surface area contributed by atoms with Gasteiger partial charge in [0.1, 0.15) is 10.5 Å². The minimum atomic E-state index is -0.547. The van der Waals surface area contributed by atoms with Crippen LogP contribution in [0.5, 0.6) is 5.75 Å². The highest BCUT2D eigenvalue weighted by Gasteiger charge is 2.29. The Kier molecular flexibility index (Phi) is 4.60. The van der Waals surface area contributed by atoms with E-state index in [1.165, 1.54) is 4.88 Å². The van der Waals surface area contributed by atoms with Gasteiger partial charge in [0.05, 0.1) is 6.61 Å². The smallest absolute Gasteiger partial charge is 0.321 e. The fourth-order valence-electron chi connectivity index (χ4n) is 1.77. The summed E-state index contributed by atoms with van der Waals surface area (Å²) in [6.45, 7) is 5.99. The second-order valence-corrected chi connectivity index (χ2v) is 7.72. The minimum Gasteiger partial charge on any atom is -0.508 e. The van der Waals surface area contributed by atoms with E-state index < -0.39 is 4.75 Å². The van der Waals surface area contributed by atoms with Crippen LogP contribution in [-0.4, -0.2) is 22.4 Å². The van der Waals surface area contributed by atoms with Crippen LogP contribution in [0.4, 0.5) is 0 Å². The molecule has 0 aliphatic heterocycles. The molecular formula is C15H18O3S2. The Bertz CT molecular complexity index is 617. The van der Waals surface area contributed by atoms with Gasteiger partial charge in [0.25, 0.3) is 0 Å². The molecule has 20 heavy (non-hydrogen) atoms. The lowest BCUT2D eigenvalue weighted by Gasteiger charge is -2.21. The highest BCUT2D eigenvalue weighted by molar-refractivity contribution is 8.00. The van der Waals surface area contributed by atoms with Crippen LogP contribution in [0.3, 0.4) is 0 Å². The van der Waals surface area contributed by atoms with Crippen molar-refractivity contribution < 1.29 is 14.6 Å². The van der Waals surface area contributed by atoms with Gasteiger partial charge in [0.2, 0.25) is 0 Å². The number of thiophene rings is 1. The maximum atomic E-state index is 11.8. The van der Waals surface area contributed by atoms with E-state index in [0.29, 0.717) is 6.61 Å². The Labute approximate surface area is 127 Å². The van der Waals surface area contributed by atoms with Gasteiger partial charge in [-0.15, -0.1) is 23.1 Å². The third kappa shape index (κ3) is 3.46. The van der Waals surface area contributed by atoms with Crippen molar-refractivity contribution in [2.45, 2.75) is 31.3 Å². The summed E-state index contributed by atoms with van der Waals surface area (Å²) >= 11 is 3.26. The summed E-state index contributed by atoms with van der Waals surface area (Å²) in [4.78, 5) is 13.0. The number of hydrogen-bond acceptors (Lipinski definition) is 5. The van der Waals surface area contributed by atoms with Crippen LogP contribution in [0.25, 0.3) is 10.1 Å². The highest BCUT2D eigenvalue weighted by Crippen LogP contribution is 2.35. The average Bonchev–Trinajstić information content (AvgIpc) is 2.78. The molecule has 0 atom stereocenters. The van der Waals surface area contributed by atoms with Crippen molar-refractivity contribution in [3.05, 3.63) is 29.1 Å². The number of carbonyl (C=O) groups excluding carboxylic acids is 1. The average molecular weight is 310 g/mol. The quantitative estimate of drug-likeness (QED) is 0.842. The molecule has 2 rings (SSSR count). The summed E-state index contributed by atoms with van der Waals surface area (Å²) in [5.74, 6) is 0.858. The second kappa shape index (κ2) is 6.06. The number of esters is 1. The zero-order valence-electron chi connectivity index (χ0n) is 11.8. The van der Waals surface area contributed by atoms with Gasteiger partial charge in [0, 0.05) is 15.3 Å². The predicted molar refractivity (Wildman–Crippen MR) is 85.5 cm³/mol. The molecular weight excluding hydrogens is 292 g/mol. The zero-order chi connectivity index (χ0) is 14.8. The summed E-state index contributed by atoms with van der Waals surface area (Å²) in [7, 11) is 0. The first-order chi connectivity index (χ1) is 9.42. The Hall–Kier alpha value is -1.20.